The van der Waals surface area contributed by atoms with Gasteiger partial charge in [0.15, 0.2) is 0 Å². The van der Waals surface area contributed by atoms with Crippen molar-refractivity contribution in [1.29, 1.82) is 5.26 Å². The normalized spacial score (nSPS) is 11.3. The molecule has 0 radical (unpaired) electrons. The number of nitrogens with zero attached hydrogens (tertiary/aromatic N) is 3. The number of pyridine rings is 1. The molecule has 4 aromatic carbocycles. The van der Waals surface area contributed by atoms with Crippen LogP contribution in [0.3, 0.4) is 0 Å². The summed E-state index contributed by atoms with van der Waals surface area (Å²) < 4.78 is 0.995. The van der Waals surface area contributed by atoms with Crippen molar-refractivity contribution in [3.05, 3.63) is 170 Å². The molecule has 0 spiro atoms. The molecule has 3 heterocycles. The van der Waals surface area contributed by atoms with Crippen molar-refractivity contribution in [3.63, 3.8) is 0 Å². The maximum atomic E-state index is 13.7. The van der Waals surface area contributed by atoms with Crippen molar-refractivity contribution < 1.29 is 15.0 Å². The first-order valence-electron chi connectivity index (χ1n) is 15.5. The zero-order chi connectivity index (χ0) is 34.8. The fourth-order valence-electron chi connectivity index (χ4n) is 5.69. The third kappa shape index (κ3) is 6.13. The molecule has 0 fully saturated rings. The van der Waals surface area contributed by atoms with Gasteiger partial charge in [0.05, 0.1) is 11.3 Å². The second-order valence-electron chi connectivity index (χ2n) is 11.3. The first-order valence-corrected chi connectivity index (χ1v) is 17.1. The van der Waals surface area contributed by atoms with Crippen LogP contribution in [0.2, 0.25) is 0 Å². The van der Waals surface area contributed by atoms with Gasteiger partial charge in [-0.25, -0.2) is 9.36 Å². The van der Waals surface area contributed by atoms with Crippen LogP contribution >= 0.6 is 22.7 Å². The van der Waals surface area contributed by atoms with E-state index in [0.717, 1.165) is 46.7 Å². The third-order valence-electron chi connectivity index (χ3n) is 8.18. The molecule has 0 saturated heterocycles. The van der Waals surface area contributed by atoms with Crippen LogP contribution in [-0.4, -0.2) is 20.7 Å². The van der Waals surface area contributed by atoms with Crippen molar-refractivity contribution >= 4 is 58.4 Å². The van der Waals surface area contributed by atoms with Crippen LogP contribution in [0.4, 0.5) is 17.1 Å². The topological polar surface area (TPSA) is 107 Å². The predicted octanol–water partition coefficient (Wildman–Crippen LogP) is 8.28. The van der Waals surface area contributed by atoms with Gasteiger partial charge < -0.3 is 15.1 Å². The van der Waals surface area contributed by atoms with Crippen molar-refractivity contribution in [2.75, 3.05) is 4.90 Å². The van der Waals surface area contributed by atoms with Crippen molar-refractivity contribution in [3.8, 4) is 37.8 Å². The van der Waals surface area contributed by atoms with E-state index < -0.39 is 17.4 Å². The van der Waals surface area contributed by atoms with E-state index in [1.807, 2.05) is 54.6 Å². The van der Waals surface area contributed by atoms with Crippen LogP contribution < -0.4 is 20.9 Å². The molecule has 242 valence electrons. The number of hydrogen-bond acceptors (Lipinski definition) is 7. The van der Waals surface area contributed by atoms with Gasteiger partial charge in [0.25, 0.3) is 5.56 Å². The third-order valence-corrected chi connectivity index (χ3v) is 10.5. The van der Waals surface area contributed by atoms with Gasteiger partial charge in [-0.2, -0.15) is 5.26 Å². The van der Waals surface area contributed by atoms with Gasteiger partial charge in [-0.15, -0.1) is 22.7 Å². The fraction of sp³-hybridized carbons (Fsp3) is 0. The second kappa shape index (κ2) is 13.6. The number of rotatable bonds is 8. The minimum atomic E-state index is -1.12. The average Bonchev–Trinajstić information content (AvgIpc) is 3.83. The summed E-state index contributed by atoms with van der Waals surface area (Å²) in [5, 5.41) is 30.2. The van der Waals surface area contributed by atoms with Gasteiger partial charge in [-0.1, -0.05) is 55.1 Å². The van der Waals surface area contributed by atoms with Gasteiger partial charge in [-0.3, -0.25) is 4.79 Å². The van der Waals surface area contributed by atoms with E-state index in [-0.39, 0.29) is 27.3 Å². The number of carboxylic acid groups (broad SMARTS) is 1. The summed E-state index contributed by atoms with van der Waals surface area (Å²) >= 11 is 3.16. The molecule has 9 heteroatoms. The summed E-state index contributed by atoms with van der Waals surface area (Å²) in [5.74, 6) is -1.67. The monoisotopic (exact) mass is 689 g/mol. The van der Waals surface area contributed by atoms with E-state index in [1.54, 1.807) is 17.4 Å². The number of para-hydroxylation sites is 2. The lowest BCUT2D eigenvalue weighted by Crippen LogP contribution is -2.45. The highest BCUT2D eigenvalue weighted by Crippen LogP contribution is 2.40. The van der Waals surface area contributed by atoms with E-state index in [4.69, 9.17) is 0 Å². The maximum absolute atomic E-state index is 13.7. The molecule has 0 atom stereocenters. The van der Waals surface area contributed by atoms with Gasteiger partial charge in [0.1, 0.15) is 11.6 Å². The molecule has 0 amide bonds. The number of benzene rings is 4. The van der Waals surface area contributed by atoms with Crippen LogP contribution in [0, 0.1) is 11.3 Å². The Balaban J connectivity index is 1.19. The number of thiophene rings is 2. The summed E-state index contributed by atoms with van der Waals surface area (Å²) in [7, 11) is 0. The first-order chi connectivity index (χ1) is 24.3. The lowest BCUT2D eigenvalue weighted by molar-refractivity contribution is 0.0697. The zero-order valence-corrected chi connectivity index (χ0v) is 28.0. The predicted molar refractivity (Wildman–Crippen MR) is 201 cm³/mol. The Kier molecular flexibility index (Phi) is 8.71. The van der Waals surface area contributed by atoms with Crippen molar-refractivity contribution in [2.24, 2.45) is 0 Å². The molecule has 0 aliphatic heterocycles. The molecule has 0 bridgehead atoms. The van der Waals surface area contributed by atoms with Crippen LogP contribution in [0.1, 0.15) is 20.8 Å². The van der Waals surface area contributed by atoms with E-state index in [2.05, 4.69) is 72.1 Å². The van der Waals surface area contributed by atoms with E-state index in [1.165, 1.54) is 35.6 Å². The standard InChI is InChI=1S/C41H27N3O4S2/c1-26-34(39(45)44(40(46)35(26)25-42)32-18-14-28(15-19-32)41(47)48)24-33-20-21-37(49-33)38-23-22-36(50-38)27-12-16-31(17-13-27)43(29-8-4-2-5-9-29)30-10-6-3-7-11-30/h2-24,46H,1H2,(H,47,48)/b34-24-. The fourth-order valence-corrected chi connectivity index (χ4v) is 7.75. The Labute approximate surface area is 295 Å². The summed E-state index contributed by atoms with van der Waals surface area (Å²) in [4.78, 5) is 31.2. The number of aromatic hydroxyl groups is 1. The molecule has 7 rings (SSSR count). The highest BCUT2D eigenvalue weighted by molar-refractivity contribution is 7.24. The molecule has 0 unspecified atom stereocenters. The van der Waals surface area contributed by atoms with E-state index >= 15 is 0 Å². The molecular weight excluding hydrogens is 663 g/mol. The summed E-state index contributed by atoms with van der Waals surface area (Å²) in [6, 6.07) is 44.6. The first kappa shape index (κ1) is 32.1. The number of carbonyl (C=O) groups is 1. The number of aromatic carboxylic acids is 1. The summed E-state index contributed by atoms with van der Waals surface area (Å²) in [5.41, 5.74) is 3.83. The Morgan fingerprint density at radius 2 is 1.30 bits per heavy atom. The smallest absolute Gasteiger partial charge is 0.335 e. The van der Waals surface area contributed by atoms with Gasteiger partial charge in [0.2, 0.25) is 5.88 Å². The Morgan fingerprint density at radius 3 is 1.90 bits per heavy atom. The lowest BCUT2D eigenvalue weighted by Gasteiger charge is -2.25. The van der Waals surface area contributed by atoms with Crippen LogP contribution in [0.25, 0.3) is 38.5 Å². The number of nitriles is 1. The van der Waals surface area contributed by atoms with E-state index in [0.29, 0.717) is 0 Å². The van der Waals surface area contributed by atoms with Crippen LogP contribution in [0.15, 0.2) is 138 Å². The van der Waals surface area contributed by atoms with Gasteiger partial charge in [-0.05, 0) is 96.6 Å². The molecule has 3 aromatic heterocycles. The second-order valence-corrected chi connectivity index (χ2v) is 13.5. The lowest BCUT2D eigenvalue weighted by atomic mass is 10.1. The van der Waals surface area contributed by atoms with E-state index in [9.17, 15) is 25.1 Å². The quantitative estimate of drug-likeness (QED) is 0.166. The number of hydrogen-bond donors (Lipinski definition) is 2. The molecule has 0 saturated carbocycles. The molecule has 50 heavy (non-hydrogen) atoms. The van der Waals surface area contributed by atoms with Crippen molar-refractivity contribution in [1.82, 2.24) is 4.57 Å². The largest absolute Gasteiger partial charge is 0.493 e. The highest BCUT2D eigenvalue weighted by Gasteiger charge is 2.17. The minimum absolute atomic E-state index is 0.0278. The molecule has 7 nitrogen and oxygen atoms in total. The van der Waals surface area contributed by atoms with Crippen LogP contribution in [0.5, 0.6) is 5.88 Å². The summed E-state index contributed by atoms with van der Waals surface area (Å²) in [6.07, 6.45) is 1.67. The Hall–Kier alpha value is -6.47. The molecular formula is C41H27N3O4S2. The van der Waals surface area contributed by atoms with Crippen molar-refractivity contribution in [2.45, 2.75) is 0 Å². The van der Waals surface area contributed by atoms with Gasteiger partial charge in [0, 0.05) is 47.0 Å². The molecule has 2 N–H and O–H groups in total. The molecule has 7 aromatic rings. The SMILES string of the molecule is C=c1c(C#N)c(O)n(-c2ccc(C(=O)O)cc2)c(=O)/c1=C\c1ccc(-c2ccc(-c3ccc(N(c4ccccc4)c4ccccc4)cc3)s2)s1. The van der Waals surface area contributed by atoms with Crippen LogP contribution in [-0.2, 0) is 0 Å². The Bertz CT molecular complexity index is 2530. The number of carboxylic acids is 1. The molecule has 0 aliphatic carbocycles. The minimum Gasteiger partial charge on any atom is -0.493 e. The maximum Gasteiger partial charge on any atom is 0.335 e. The average molecular weight is 690 g/mol. The summed E-state index contributed by atoms with van der Waals surface area (Å²) in [6.45, 7) is 3.93. The zero-order valence-electron chi connectivity index (χ0n) is 26.4. The van der Waals surface area contributed by atoms with Gasteiger partial charge >= 0.3 is 5.97 Å². The molecule has 0 aliphatic rings. The number of aromatic nitrogens is 1. The number of anilines is 3. The highest BCUT2D eigenvalue weighted by atomic mass is 32.1. The Morgan fingerprint density at radius 1 is 0.740 bits per heavy atom.